The molecule has 0 aliphatic heterocycles. The Hall–Kier alpha value is -3.60. The summed E-state index contributed by atoms with van der Waals surface area (Å²) in [5.74, 6) is -0.239. The third-order valence-corrected chi connectivity index (χ3v) is 3.44. The predicted molar refractivity (Wildman–Crippen MR) is 95.0 cm³/mol. The first kappa shape index (κ1) is 19.7. The van der Waals surface area contributed by atoms with Crippen molar-refractivity contribution in [3.05, 3.63) is 53.6 Å². The van der Waals surface area contributed by atoms with E-state index in [0.29, 0.717) is 17.0 Å². The lowest BCUT2D eigenvalue weighted by Gasteiger charge is -2.12. The minimum atomic E-state index is -3.04. The van der Waals surface area contributed by atoms with Crippen LogP contribution in [0, 0.1) is 11.3 Å². The van der Waals surface area contributed by atoms with Gasteiger partial charge in [-0.05, 0) is 30.3 Å². The van der Waals surface area contributed by atoms with E-state index in [4.69, 9.17) is 14.7 Å². The van der Waals surface area contributed by atoms with Gasteiger partial charge in [0.2, 0.25) is 5.91 Å². The number of carbonyl (C=O) groups excluding carboxylic acids is 1. The van der Waals surface area contributed by atoms with Gasteiger partial charge in [-0.15, -0.1) is 0 Å². The van der Waals surface area contributed by atoms with Gasteiger partial charge in [-0.25, -0.2) is 0 Å². The lowest BCUT2D eigenvalue weighted by Crippen LogP contribution is -2.09. The molecular weight excluding hydrogens is 358 g/mol. The third-order valence-electron chi connectivity index (χ3n) is 3.44. The van der Waals surface area contributed by atoms with Crippen LogP contribution in [-0.2, 0) is 4.79 Å². The van der Waals surface area contributed by atoms with Crippen LogP contribution in [0.1, 0.15) is 11.1 Å². The summed E-state index contributed by atoms with van der Waals surface area (Å²) in [6.07, 6.45) is 2.46. The number of para-hydroxylation sites is 1. The van der Waals surface area contributed by atoms with Crippen molar-refractivity contribution in [3.8, 4) is 23.3 Å². The second-order valence-corrected chi connectivity index (χ2v) is 5.11. The van der Waals surface area contributed by atoms with E-state index in [2.05, 4.69) is 10.1 Å². The summed E-state index contributed by atoms with van der Waals surface area (Å²) in [6.45, 7) is -3.04. The highest BCUT2D eigenvalue weighted by Crippen LogP contribution is 2.33. The number of halogens is 2. The fraction of sp³-hybridized carbons (Fsp3) is 0.158. The van der Waals surface area contributed by atoms with Crippen molar-refractivity contribution in [1.82, 2.24) is 0 Å². The molecule has 0 bridgehead atoms. The summed E-state index contributed by atoms with van der Waals surface area (Å²) in [5.41, 5.74) is 0.888. The summed E-state index contributed by atoms with van der Waals surface area (Å²) in [4.78, 5) is 12.2. The Morgan fingerprint density at radius 3 is 2.56 bits per heavy atom. The molecule has 6 nitrogen and oxygen atoms in total. The maximum Gasteiger partial charge on any atom is 0.387 e. The zero-order valence-electron chi connectivity index (χ0n) is 14.5. The molecule has 27 heavy (non-hydrogen) atoms. The molecule has 0 fully saturated rings. The summed E-state index contributed by atoms with van der Waals surface area (Å²) < 4.78 is 39.9. The Balaban J connectivity index is 2.24. The van der Waals surface area contributed by atoms with Crippen molar-refractivity contribution in [1.29, 1.82) is 5.26 Å². The van der Waals surface area contributed by atoms with Crippen LogP contribution in [0.5, 0.6) is 17.2 Å². The SMILES string of the molecule is COc1ccc(C#N)cc1NC(=O)/C=C/c1cccc(OC)c1OC(F)F. The van der Waals surface area contributed by atoms with Crippen LogP contribution in [0.25, 0.3) is 6.08 Å². The van der Waals surface area contributed by atoms with Gasteiger partial charge in [0.15, 0.2) is 11.5 Å². The summed E-state index contributed by atoms with van der Waals surface area (Å²) in [7, 11) is 2.75. The minimum Gasteiger partial charge on any atom is -0.495 e. The Labute approximate surface area is 154 Å². The Kier molecular flexibility index (Phi) is 6.72. The van der Waals surface area contributed by atoms with Gasteiger partial charge in [-0.3, -0.25) is 4.79 Å². The molecule has 0 atom stereocenters. The van der Waals surface area contributed by atoms with Crippen LogP contribution in [0.4, 0.5) is 14.5 Å². The molecule has 2 aromatic rings. The number of amides is 1. The number of hydrogen-bond acceptors (Lipinski definition) is 5. The molecule has 0 aliphatic rings. The van der Waals surface area contributed by atoms with E-state index in [0.717, 1.165) is 6.08 Å². The first-order chi connectivity index (χ1) is 13.0. The molecule has 1 amide bonds. The minimum absolute atomic E-state index is 0.112. The van der Waals surface area contributed by atoms with Gasteiger partial charge in [0.25, 0.3) is 0 Å². The molecule has 0 aromatic heterocycles. The molecule has 0 unspecified atom stereocenters. The largest absolute Gasteiger partial charge is 0.495 e. The van der Waals surface area contributed by atoms with Crippen LogP contribution in [0.3, 0.4) is 0 Å². The van der Waals surface area contributed by atoms with E-state index in [1.165, 1.54) is 38.5 Å². The number of nitriles is 1. The average Bonchev–Trinajstić information content (AvgIpc) is 2.66. The van der Waals surface area contributed by atoms with E-state index < -0.39 is 12.5 Å². The van der Waals surface area contributed by atoms with Gasteiger partial charge in [0, 0.05) is 11.6 Å². The first-order valence-corrected chi connectivity index (χ1v) is 7.67. The molecular formula is C19H16F2N2O4. The second kappa shape index (κ2) is 9.20. The summed E-state index contributed by atoms with van der Waals surface area (Å²) in [6, 6.07) is 11.1. The first-order valence-electron chi connectivity index (χ1n) is 7.67. The van der Waals surface area contributed by atoms with E-state index in [1.807, 2.05) is 6.07 Å². The molecule has 2 aromatic carbocycles. The van der Waals surface area contributed by atoms with Crippen LogP contribution >= 0.6 is 0 Å². The van der Waals surface area contributed by atoms with E-state index in [-0.39, 0.29) is 17.1 Å². The van der Waals surface area contributed by atoms with Gasteiger partial charge in [0.1, 0.15) is 5.75 Å². The van der Waals surface area contributed by atoms with Crippen molar-refractivity contribution in [2.24, 2.45) is 0 Å². The smallest absolute Gasteiger partial charge is 0.387 e. The van der Waals surface area contributed by atoms with Gasteiger partial charge in [-0.2, -0.15) is 14.0 Å². The molecule has 0 aliphatic carbocycles. The number of rotatable bonds is 7. The fourth-order valence-corrected chi connectivity index (χ4v) is 2.26. The van der Waals surface area contributed by atoms with Crippen LogP contribution in [0.15, 0.2) is 42.5 Å². The molecule has 2 rings (SSSR count). The molecule has 0 heterocycles. The van der Waals surface area contributed by atoms with E-state index in [1.54, 1.807) is 18.2 Å². The zero-order valence-corrected chi connectivity index (χ0v) is 14.5. The van der Waals surface area contributed by atoms with Gasteiger partial charge in [0.05, 0.1) is 31.5 Å². The van der Waals surface area contributed by atoms with Crippen LogP contribution in [0.2, 0.25) is 0 Å². The van der Waals surface area contributed by atoms with E-state index in [9.17, 15) is 13.6 Å². The van der Waals surface area contributed by atoms with Crippen LogP contribution in [-0.4, -0.2) is 26.7 Å². The molecule has 0 saturated heterocycles. The normalized spacial score (nSPS) is 10.5. The number of nitrogens with zero attached hydrogens (tertiary/aromatic N) is 1. The lowest BCUT2D eigenvalue weighted by atomic mass is 10.1. The van der Waals surface area contributed by atoms with E-state index >= 15 is 0 Å². The molecule has 0 radical (unpaired) electrons. The zero-order chi connectivity index (χ0) is 19.8. The average molecular weight is 374 g/mol. The maximum absolute atomic E-state index is 12.6. The predicted octanol–water partition coefficient (Wildman–Crippen LogP) is 3.83. The molecule has 8 heteroatoms. The number of ether oxygens (including phenoxy) is 3. The molecule has 140 valence electrons. The van der Waals surface area contributed by atoms with Gasteiger partial charge >= 0.3 is 6.61 Å². The Morgan fingerprint density at radius 1 is 1.19 bits per heavy atom. The highest BCUT2D eigenvalue weighted by Gasteiger charge is 2.14. The number of alkyl halides is 2. The van der Waals surface area contributed by atoms with Crippen molar-refractivity contribution in [2.75, 3.05) is 19.5 Å². The monoisotopic (exact) mass is 374 g/mol. The standard InChI is InChI=1S/C19H16F2N2O4/c1-25-15-8-6-12(11-22)10-14(15)23-17(24)9-7-13-4-3-5-16(26-2)18(13)27-19(20)21/h3-10,19H,1-2H3,(H,23,24)/b9-7+. The molecule has 0 saturated carbocycles. The summed E-state index contributed by atoms with van der Waals surface area (Å²) in [5, 5.41) is 11.5. The maximum atomic E-state index is 12.6. The highest BCUT2D eigenvalue weighted by molar-refractivity contribution is 6.03. The third kappa shape index (κ3) is 5.19. The lowest BCUT2D eigenvalue weighted by molar-refractivity contribution is -0.111. The highest BCUT2D eigenvalue weighted by atomic mass is 19.3. The number of hydrogen-bond donors (Lipinski definition) is 1. The number of anilines is 1. The van der Waals surface area contributed by atoms with Crippen molar-refractivity contribution in [2.45, 2.75) is 6.61 Å². The Bertz CT molecular complexity index is 892. The second-order valence-electron chi connectivity index (χ2n) is 5.11. The fourth-order valence-electron chi connectivity index (χ4n) is 2.26. The van der Waals surface area contributed by atoms with Gasteiger partial charge < -0.3 is 19.5 Å². The molecule has 1 N–H and O–H groups in total. The van der Waals surface area contributed by atoms with Crippen molar-refractivity contribution < 1.29 is 27.8 Å². The van der Waals surface area contributed by atoms with Gasteiger partial charge in [-0.1, -0.05) is 12.1 Å². The number of nitrogens with one attached hydrogen (secondary N) is 1. The topological polar surface area (TPSA) is 80.6 Å². The molecule has 0 spiro atoms. The number of benzene rings is 2. The van der Waals surface area contributed by atoms with Crippen LogP contribution < -0.4 is 19.5 Å². The summed E-state index contributed by atoms with van der Waals surface area (Å²) >= 11 is 0. The number of methoxy groups -OCH3 is 2. The Morgan fingerprint density at radius 2 is 1.93 bits per heavy atom. The quantitative estimate of drug-likeness (QED) is 0.745. The van der Waals surface area contributed by atoms with Crippen molar-refractivity contribution >= 4 is 17.7 Å². The number of carbonyl (C=O) groups is 1. The van der Waals surface area contributed by atoms with Crippen molar-refractivity contribution in [3.63, 3.8) is 0 Å².